The summed E-state index contributed by atoms with van der Waals surface area (Å²) in [6.07, 6.45) is 2.85. The molecule has 0 radical (unpaired) electrons. The highest BCUT2D eigenvalue weighted by Crippen LogP contribution is 2.33. The Labute approximate surface area is 158 Å². The number of benzene rings is 2. The predicted molar refractivity (Wildman–Crippen MR) is 105 cm³/mol. The average Bonchev–Trinajstić information content (AvgIpc) is 2.68. The predicted octanol–water partition coefficient (Wildman–Crippen LogP) is 4.45. The van der Waals surface area contributed by atoms with Gasteiger partial charge in [-0.25, -0.2) is 9.97 Å². The number of aromatic nitrogens is 2. The standard InChI is InChI=1S/C22H21N3O2/c1-14-4-3-5-17(10-14)24-22-23-13-19-20(25-22)11-16(12-21(19)26)15-6-8-18(27-2)9-7-15/h3-10,13,16H,11-12H2,1-2H3,(H,23,24,25)/t16-/m1/s1. The van der Waals surface area contributed by atoms with Gasteiger partial charge in [0.15, 0.2) is 5.78 Å². The lowest BCUT2D eigenvalue weighted by molar-refractivity contribution is 0.0962. The van der Waals surface area contributed by atoms with Crippen molar-refractivity contribution in [2.24, 2.45) is 0 Å². The molecule has 0 bridgehead atoms. The van der Waals surface area contributed by atoms with Crippen molar-refractivity contribution in [2.75, 3.05) is 12.4 Å². The number of hydrogen-bond donors (Lipinski definition) is 1. The minimum Gasteiger partial charge on any atom is -0.497 e. The zero-order valence-corrected chi connectivity index (χ0v) is 15.4. The van der Waals surface area contributed by atoms with Crippen LogP contribution >= 0.6 is 0 Å². The quantitative estimate of drug-likeness (QED) is 0.745. The maximum atomic E-state index is 12.6. The minimum absolute atomic E-state index is 0.0965. The number of anilines is 2. The molecule has 0 amide bonds. The molecule has 1 atom stereocenters. The number of ether oxygens (including phenoxy) is 1. The van der Waals surface area contributed by atoms with Gasteiger partial charge < -0.3 is 10.1 Å². The van der Waals surface area contributed by atoms with Gasteiger partial charge >= 0.3 is 0 Å². The third-order valence-electron chi connectivity index (χ3n) is 4.90. The van der Waals surface area contributed by atoms with Crippen molar-refractivity contribution in [3.05, 3.63) is 77.1 Å². The van der Waals surface area contributed by atoms with Gasteiger partial charge in [0, 0.05) is 18.3 Å². The highest BCUT2D eigenvalue weighted by Gasteiger charge is 2.28. The van der Waals surface area contributed by atoms with Crippen molar-refractivity contribution >= 4 is 17.4 Å². The molecule has 0 saturated carbocycles. The third-order valence-corrected chi connectivity index (χ3v) is 4.90. The third kappa shape index (κ3) is 3.67. The second-order valence-electron chi connectivity index (χ2n) is 6.85. The summed E-state index contributed by atoms with van der Waals surface area (Å²) in [5.74, 6) is 1.55. The normalized spacial score (nSPS) is 15.9. The molecule has 1 aliphatic carbocycles. The Hall–Kier alpha value is -3.21. The summed E-state index contributed by atoms with van der Waals surface area (Å²) < 4.78 is 5.22. The summed E-state index contributed by atoms with van der Waals surface area (Å²) in [4.78, 5) is 21.5. The molecule has 1 aromatic heterocycles. The molecule has 3 aromatic rings. The molecule has 5 heteroatoms. The fourth-order valence-electron chi connectivity index (χ4n) is 3.47. The van der Waals surface area contributed by atoms with Crippen LogP contribution in [0.1, 0.15) is 39.5 Å². The van der Waals surface area contributed by atoms with Crippen molar-refractivity contribution in [1.82, 2.24) is 9.97 Å². The zero-order valence-electron chi connectivity index (χ0n) is 15.4. The van der Waals surface area contributed by atoms with Crippen molar-refractivity contribution in [3.63, 3.8) is 0 Å². The summed E-state index contributed by atoms with van der Waals surface area (Å²) in [6, 6.07) is 15.9. The molecule has 0 fully saturated rings. The zero-order chi connectivity index (χ0) is 18.8. The van der Waals surface area contributed by atoms with Gasteiger partial charge in [-0.1, -0.05) is 24.3 Å². The van der Waals surface area contributed by atoms with E-state index >= 15 is 0 Å². The number of nitrogens with one attached hydrogen (secondary N) is 1. The smallest absolute Gasteiger partial charge is 0.227 e. The summed E-state index contributed by atoms with van der Waals surface area (Å²) >= 11 is 0. The highest BCUT2D eigenvalue weighted by atomic mass is 16.5. The van der Waals surface area contributed by atoms with E-state index < -0.39 is 0 Å². The van der Waals surface area contributed by atoms with Crippen LogP contribution in [0.2, 0.25) is 0 Å². The van der Waals surface area contributed by atoms with Crippen molar-refractivity contribution in [2.45, 2.75) is 25.7 Å². The molecule has 1 heterocycles. The highest BCUT2D eigenvalue weighted by molar-refractivity contribution is 5.98. The van der Waals surface area contributed by atoms with Crippen LogP contribution in [0.15, 0.2) is 54.7 Å². The number of hydrogen-bond acceptors (Lipinski definition) is 5. The van der Waals surface area contributed by atoms with Crippen LogP contribution in [0.5, 0.6) is 5.75 Å². The number of ketones is 1. The number of fused-ring (bicyclic) bond motifs is 1. The molecular formula is C22H21N3O2. The molecule has 0 spiro atoms. The number of methoxy groups -OCH3 is 1. The van der Waals surface area contributed by atoms with Crippen LogP contribution < -0.4 is 10.1 Å². The van der Waals surface area contributed by atoms with Crippen LogP contribution in [0.3, 0.4) is 0 Å². The Morgan fingerprint density at radius 1 is 1.11 bits per heavy atom. The largest absolute Gasteiger partial charge is 0.497 e. The molecule has 4 rings (SSSR count). The average molecular weight is 359 g/mol. The molecule has 5 nitrogen and oxygen atoms in total. The molecule has 0 aliphatic heterocycles. The Bertz CT molecular complexity index is 983. The molecule has 27 heavy (non-hydrogen) atoms. The number of Topliss-reactive ketones (excluding diaryl/α,β-unsaturated/α-hetero) is 1. The SMILES string of the molecule is COc1ccc([C@H]2CC(=O)c3cnc(Nc4cccc(C)c4)nc3C2)cc1. The Kier molecular flexibility index (Phi) is 4.59. The number of nitrogens with zero attached hydrogens (tertiary/aromatic N) is 2. The summed E-state index contributed by atoms with van der Waals surface area (Å²) in [6.45, 7) is 2.04. The number of aryl methyl sites for hydroxylation is 1. The summed E-state index contributed by atoms with van der Waals surface area (Å²) in [5.41, 5.74) is 4.66. The summed E-state index contributed by atoms with van der Waals surface area (Å²) in [5, 5.41) is 3.23. The lowest BCUT2D eigenvalue weighted by Crippen LogP contribution is -2.21. The van der Waals surface area contributed by atoms with Gasteiger partial charge in [-0.15, -0.1) is 0 Å². The van der Waals surface area contributed by atoms with Crippen LogP contribution in [-0.2, 0) is 6.42 Å². The maximum absolute atomic E-state index is 12.6. The molecule has 0 unspecified atom stereocenters. The van der Waals surface area contributed by atoms with E-state index in [1.165, 1.54) is 0 Å². The topological polar surface area (TPSA) is 64.1 Å². The van der Waals surface area contributed by atoms with E-state index in [9.17, 15) is 4.79 Å². The van der Waals surface area contributed by atoms with Gasteiger partial charge in [-0.3, -0.25) is 4.79 Å². The molecule has 0 saturated heterocycles. The first-order chi connectivity index (χ1) is 13.1. The lowest BCUT2D eigenvalue weighted by Gasteiger charge is -2.23. The van der Waals surface area contributed by atoms with Crippen molar-refractivity contribution < 1.29 is 9.53 Å². The number of rotatable bonds is 4. The fourth-order valence-corrected chi connectivity index (χ4v) is 3.47. The van der Waals surface area contributed by atoms with Crippen molar-refractivity contribution in [3.8, 4) is 5.75 Å². The van der Waals surface area contributed by atoms with Crippen LogP contribution in [0.4, 0.5) is 11.6 Å². The van der Waals surface area contributed by atoms with Gasteiger partial charge in [0.2, 0.25) is 5.95 Å². The second kappa shape index (κ2) is 7.19. The minimum atomic E-state index is 0.0965. The van der Waals surface area contributed by atoms with Crippen LogP contribution in [-0.4, -0.2) is 22.9 Å². The van der Waals surface area contributed by atoms with E-state index in [0.717, 1.165) is 34.7 Å². The Morgan fingerprint density at radius 3 is 2.67 bits per heavy atom. The van der Waals surface area contributed by atoms with Gasteiger partial charge in [0.05, 0.1) is 18.4 Å². The van der Waals surface area contributed by atoms with E-state index in [4.69, 9.17) is 4.74 Å². The first-order valence-corrected chi connectivity index (χ1v) is 8.99. The molecular weight excluding hydrogens is 338 g/mol. The number of carbonyl (C=O) groups excluding carboxylic acids is 1. The van der Waals surface area contributed by atoms with Gasteiger partial charge in [-0.05, 0) is 54.7 Å². The summed E-state index contributed by atoms with van der Waals surface area (Å²) in [7, 11) is 1.65. The van der Waals surface area contributed by atoms with E-state index in [-0.39, 0.29) is 11.7 Å². The van der Waals surface area contributed by atoms with E-state index in [2.05, 4.69) is 15.3 Å². The van der Waals surface area contributed by atoms with E-state index in [1.807, 2.05) is 55.5 Å². The Morgan fingerprint density at radius 2 is 1.93 bits per heavy atom. The second-order valence-corrected chi connectivity index (χ2v) is 6.85. The van der Waals surface area contributed by atoms with Gasteiger partial charge in [-0.2, -0.15) is 0 Å². The van der Waals surface area contributed by atoms with Crippen LogP contribution in [0.25, 0.3) is 0 Å². The van der Waals surface area contributed by atoms with E-state index in [0.29, 0.717) is 17.9 Å². The fraction of sp³-hybridized carbons (Fsp3) is 0.227. The first-order valence-electron chi connectivity index (χ1n) is 8.99. The molecule has 1 N–H and O–H groups in total. The Balaban J connectivity index is 1.59. The maximum Gasteiger partial charge on any atom is 0.227 e. The number of carbonyl (C=O) groups is 1. The van der Waals surface area contributed by atoms with Crippen molar-refractivity contribution in [1.29, 1.82) is 0 Å². The molecule has 1 aliphatic rings. The molecule has 2 aromatic carbocycles. The van der Waals surface area contributed by atoms with E-state index in [1.54, 1.807) is 13.3 Å². The monoisotopic (exact) mass is 359 g/mol. The lowest BCUT2D eigenvalue weighted by atomic mass is 9.82. The molecule has 136 valence electrons. The van der Waals surface area contributed by atoms with Gasteiger partial charge in [0.25, 0.3) is 0 Å². The van der Waals surface area contributed by atoms with Gasteiger partial charge in [0.1, 0.15) is 5.75 Å². The first kappa shape index (κ1) is 17.2. The van der Waals surface area contributed by atoms with Crippen LogP contribution in [0, 0.1) is 6.92 Å².